The normalized spacial score (nSPS) is 13.8. The Bertz CT molecular complexity index is 4440. The van der Waals surface area contributed by atoms with E-state index in [1.54, 1.807) is 0 Å². The van der Waals surface area contributed by atoms with Crippen LogP contribution in [0.5, 0.6) is 23.0 Å². The van der Waals surface area contributed by atoms with Crippen LogP contribution in [0, 0.1) is 0 Å². The molecule has 11 aromatic rings. The number of nitrogens with zero attached hydrogens (tertiary/aromatic N) is 2. The second kappa shape index (κ2) is 16.9. The summed E-state index contributed by atoms with van der Waals surface area (Å²) >= 11 is 0. The van der Waals surface area contributed by atoms with Crippen molar-refractivity contribution in [3.8, 4) is 56.6 Å². The quantitative estimate of drug-likeness (QED) is 0.149. The van der Waals surface area contributed by atoms with Crippen LogP contribution in [0.4, 0.5) is 0 Å². The second-order valence-corrected chi connectivity index (χ2v) is 26.2. The van der Waals surface area contributed by atoms with Gasteiger partial charge in [0, 0.05) is 43.5 Å². The van der Waals surface area contributed by atoms with Gasteiger partial charge in [-0.25, -0.2) is 0 Å². The Morgan fingerprint density at radius 1 is 0.354 bits per heavy atom. The Kier molecular flexibility index (Phi) is 10.4. The van der Waals surface area contributed by atoms with E-state index in [-0.39, 0.29) is 18.8 Å². The zero-order valence-corrected chi connectivity index (χ0v) is 48.1. The lowest BCUT2D eigenvalue weighted by molar-refractivity contribution is 0.472. The highest BCUT2D eigenvalue weighted by Crippen LogP contribution is 2.50. The zero-order valence-electron chi connectivity index (χ0n) is 48.1. The highest BCUT2D eigenvalue weighted by atomic mass is 16.5. The first-order valence-corrected chi connectivity index (χ1v) is 29.3. The molecule has 0 fully saturated rings. The maximum atomic E-state index is 7.89. The Morgan fingerprint density at radius 3 is 1.11 bits per heavy atom. The van der Waals surface area contributed by atoms with E-state index in [4.69, 9.17) is 9.47 Å². The summed E-state index contributed by atoms with van der Waals surface area (Å²) in [6.45, 7) is 29.7. The molecular formula is C73H68B2N2O2. The van der Waals surface area contributed by atoms with E-state index in [9.17, 15) is 0 Å². The van der Waals surface area contributed by atoms with Gasteiger partial charge >= 0.3 is 0 Å². The molecule has 0 aliphatic carbocycles. The third-order valence-electron chi connectivity index (χ3n) is 18.7. The van der Waals surface area contributed by atoms with Gasteiger partial charge in [0.25, 0.3) is 13.4 Å². The minimum atomic E-state index is -0.166. The molecule has 0 radical (unpaired) electrons. The van der Waals surface area contributed by atoms with Crippen molar-refractivity contribution in [1.82, 2.24) is 9.13 Å². The monoisotopic (exact) mass is 1030 g/mol. The lowest BCUT2D eigenvalue weighted by atomic mass is 9.31. The first kappa shape index (κ1) is 48.4. The molecule has 79 heavy (non-hydrogen) atoms. The SMILES string of the molecule is CC(C)c1ccc(-c2ccc3c(c2)B2c4c(c5c6c(c4-n4c7ccc(C(C)C)cc7c7cc(C(C)C)cc2c74)Oc2ccc(-c4ccc(C(C)(C)C)cc4)cc2B6c2cc(C(C)C)cc4c6cc(C(C)C)ccc6n-5c24)O3)cc1. The minimum absolute atomic E-state index is 0.0547. The van der Waals surface area contributed by atoms with Gasteiger partial charge in [0.2, 0.25) is 0 Å². The first-order valence-electron chi connectivity index (χ1n) is 29.3. The van der Waals surface area contributed by atoms with Crippen molar-refractivity contribution in [1.29, 1.82) is 0 Å². The number of benzene rings is 9. The summed E-state index contributed by atoms with van der Waals surface area (Å²) in [4.78, 5) is 0. The predicted molar refractivity (Wildman–Crippen MR) is 337 cm³/mol. The van der Waals surface area contributed by atoms with E-state index in [2.05, 4.69) is 245 Å². The third kappa shape index (κ3) is 6.88. The molecule has 0 atom stereocenters. The molecule has 6 heterocycles. The molecule has 4 nitrogen and oxygen atoms in total. The molecule has 15 rings (SSSR count). The number of hydrogen-bond donors (Lipinski definition) is 0. The summed E-state index contributed by atoms with van der Waals surface area (Å²) in [5.74, 6) is 5.48. The van der Waals surface area contributed by atoms with E-state index in [0.29, 0.717) is 29.6 Å². The fourth-order valence-corrected chi connectivity index (χ4v) is 14.1. The Hall–Kier alpha value is -7.69. The third-order valence-corrected chi connectivity index (χ3v) is 18.7. The van der Waals surface area contributed by atoms with Gasteiger partial charge in [-0.1, -0.05) is 187 Å². The van der Waals surface area contributed by atoms with E-state index < -0.39 is 0 Å². The van der Waals surface area contributed by atoms with Crippen LogP contribution in [0.15, 0.2) is 146 Å². The van der Waals surface area contributed by atoms with Crippen molar-refractivity contribution in [3.63, 3.8) is 0 Å². The minimum Gasteiger partial charge on any atom is -0.456 e. The van der Waals surface area contributed by atoms with Crippen LogP contribution in [0.25, 0.3) is 77.2 Å². The van der Waals surface area contributed by atoms with E-state index >= 15 is 0 Å². The van der Waals surface area contributed by atoms with Crippen molar-refractivity contribution in [2.75, 3.05) is 0 Å². The van der Waals surface area contributed by atoms with Crippen LogP contribution in [0.1, 0.15) is 153 Å². The highest BCUT2D eigenvalue weighted by molar-refractivity contribution is 7.02. The highest BCUT2D eigenvalue weighted by Gasteiger charge is 2.51. The predicted octanol–water partition coefficient (Wildman–Crippen LogP) is 16.0. The average Bonchev–Trinajstić information content (AvgIpc) is 2.06. The smallest absolute Gasteiger partial charge is 0.256 e. The van der Waals surface area contributed by atoms with E-state index in [1.165, 1.54) is 132 Å². The van der Waals surface area contributed by atoms with Gasteiger partial charge in [0.15, 0.2) is 0 Å². The maximum Gasteiger partial charge on any atom is 0.256 e. The molecule has 0 amide bonds. The van der Waals surface area contributed by atoms with Gasteiger partial charge in [-0.05, 0) is 161 Å². The second-order valence-electron chi connectivity index (χ2n) is 26.2. The molecule has 2 aromatic heterocycles. The molecule has 9 aromatic carbocycles. The van der Waals surface area contributed by atoms with Crippen LogP contribution >= 0.6 is 0 Å². The van der Waals surface area contributed by atoms with E-state index in [0.717, 1.165) is 34.4 Å². The summed E-state index contributed by atoms with van der Waals surface area (Å²) in [5.41, 5.74) is 27.3. The van der Waals surface area contributed by atoms with E-state index in [1.807, 2.05) is 0 Å². The molecule has 0 unspecified atom stereocenters. The fourth-order valence-electron chi connectivity index (χ4n) is 14.1. The number of rotatable bonds is 7. The summed E-state index contributed by atoms with van der Waals surface area (Å²) in [5, 5.41) is 5.15. The molecule has 0 spiro atoms. The Morgan fingerprint density at radius 2 is 0.722 bits per heavy atom. The van der Waals surface area contributed by atoms with Crippen LogP contribution in [0.2, 0.25) is 0 Å². The summed E-state index contributed by atoms with van der Waals surface area (Å²) < 4.78 is 21.0. The lowest BCUT2D eigenvalue weighted by Crippen LogP contribution is -2.63. The van der Waals surface area contributed by atoms with Crippen LogP contribution in [-0.4, -0.2) is 22.6 Å². The summed E-state index contributed by atoms with van der Waals surface area (Å²) in [6.07, 6.45) is 0. The van der Waals surface area contributed by atoms with Crippen molar-refractivity contribution in [2.24, 2.45) is 0 Å². The molecule has 4 aliphatic rings. The van der Waals surface area contributed by atoms with Crippen LogP contribution < -0.4 is 42.3 Å². The number of fused-ring (bicyclic) bond motifs is 16. The van der Waals surface area contributed by atoms with Gasteiger partial charge in [0.1, 0.15) is 23.0 Å². The zero-order chi connectivity index (χ0) is 54.4. The van der Waals surface area contributed by atoms with Gasteiger partial charge in [-0.3, -0.25) is 0 Å². The van der Waals surface area contributed by atoms with Crippen molar-refractivity contribution in [3.05, 3.63) is 179 Å². The topological polar surface area (TPSA) is 28.3 Å². The first-order chi connectivity index (χ1) is 37.9. The maximum absolute atomic E-state index is 7.89. The number of aromatic nitrogens is 2. The molecular weight excluding hydrogens is 958 g/mol. The van der Waals surface area contributed by atoms with Gasteiger partial charge < -0.3 is 18.6 Å². The van der Waals surface area contributed by atoms with Crippen molar-refractivity contribution >= 4 is 89.8 Å². The molecule has 0 saturated heterocycles. The standard InChI is InChI=1S/C73H68B2N2O2/c1-38(2)43-14-16-44(17-15-43)48-22-28-63-57(34-48)74-59-36-50(41(7)8)32-55-53-30-46(39(3)4)20-26-61(53)76(67(55)59)69-65(74)71(78-63)70-66-72(69)79-64-29-23-49(45-18-24-52(25-19-45)73(11,12)13)35-58(64)75(66)60-37-51(42(9)10)33-56-54-31-47(40(5)6)21-27-62(54)77(70)68(56)60/h14-42H,1-13H3. The lowest BCUT2D eigenvalue weighted by Gasteiger charge is -2.41. The van der Waals surface area contributed by atoms with Crippen molar-refractivity contribution < 1.29 is 9.47 Å². The van der Waals surface area contributed by atoms with Gasteiger partial charge in [0.05, 0.1) is 22.4 Å². The summed E-state index contributed by atoms with van der Waals surface area (Å²) in [6, 6.07) is 57.0. The van der Waals surface area contributed by atoms with Gasteiger partial charge in [-0.2, -0.15) is 0 Å². The van der Waals surface area contributed by atoms with Crippen molar-refractivity contribution in [2.45, 2.75) is 125 Å². The van der Waals surface area contributed by atoms with Gasteiger partial charge in [-0.15, -0.1) is 0 Å². The average molecular weight is 1030 g/mol. The largest absolute Gasteiger partial charge is 0.456 e. The molecule has 0 bridgehead atoms. The fraction of sp³-hybridized carbons (Fsp3) is 0.260. The molecule has 388 valence electrons. The summed E-state index contributed by atoms with van der Waals surface area (Å²) in [7, 11) is 0. The molecule has 0 N–H and O–H groups in total. The Balaban J connectivity index is 1.11. The Labute approximate surface area is 466 Å². The molecule has 4 aliphatic heterocycles. The molecule has 6 heteroatoms. The molecule has 0 saturated carbocycles. The van der Waals surface area contributed by atoms with Crippen LogP contribution in [0.3, 0.4) is 0 Å². The van der Waals surface area contributed by atoms with Crippen LogP contribution in [-0.2, 0) is 5.41 Å². The number of hydrogen-bond acceptors (Lipinski definition) is 2. The number of ether oxygens (including phenoxy) is 2.